The molecule has 0 saturated carbocycles. The van der Waals surface area contributed by atoms with Crippen molar-refractivity contribution < 1.29 is 9.59 Å². The summed E-state index contributed by atoms with van der Waals surface area (Å²) in [7, 11) is 0. The SMILES string of the molecule is CCC(=O)NC(CS)C(=O)NCCN. The molecule has 0 fully saturated rings. The van der Waals surface area contributed by atoms with Gasteiger partial charge in [0.15, 0.2) is 0 Å². The van der Waals surface area contributed by atoms with Crippen LogP contribution in [0.4, 0.5) is 0 Å². The highest BCUT2D eigenvalue weighted by Gasteiger charge is 2.17. The van der Waals surface area contributed by atoms with Gasteiger partial charge in [-0.05, 0) is 0 Å². The Morgan fingerprint density at radius 3 is 2.57 bits per heavy atom. The number of hydrogen-bond acceptors (Lipinski definition) is 4. The summed E-state index contributed by atoms with van der Waals surface area (Å²) in [5, 5.41) is 5.14. The van der Waals surface area contributed by atoms with Crippen molar-refractivity contribution >= 4 is 24.4 Å². The Bertz CT molecular complexity index is 199. The van der Waals surface area contributed by atoms with Gasteiger partial charge in [0.1, 0.15) is 6.04 Å². The molecule has 2 amide bonds. The molecule has 82 valence electrons. The van der Waals surface area contributed by atoms with Crippen LogP contribution < -0.4 is 16.4 Å². The highest BCUT2D eigenvalue weighted by Crippen LogP contribution is 1.90. The molecule has 4 N–H and O–H groups in total. The molecule has 14 heavy (non-hydrogen) atoms. The predicted octanol–water partition coefficient (Wildman–Crippen LogP) is -1.11. The lowest BCUT2D eigenvalue weighted by Crippen LogP contribution is -2.48. The third kappa shape index (κ3) is 5.08. The molecule has 0 aromatic heterocycles. The van der Waals surface area contributed by atoms with Crippen molar-refractivity contribution in [3.63, 3.8) is 0 Å². The number of carbonyl (C=O) groups is 2. The van der Waals surface area contributed by atoms with E-state index in [2.05, 4.69) is 23.3 Å². The molecule has 5 nitrogen and oxygen atoms in total. The van der Waals surface area contributed by atoms with Gasteiger partial charge in [0, 0.05) is 25.3 Å². The van der Waals surface area contributed by atoms with Crippen molar-refractivity contribution in [2.24, 2.45) is 5.73 Å². The molecule has 0 aromatic rings. The molecular weight excluding hydrogens is 202 g/mol. The topological polar surface area (TPSA) is 84.2 Å². The van der Waals surface area contributed by atoms with Crippen LogP contribution in [0.1, 0.15) is 13.3 Å². The van der Waals surface area contributed by atoms with Crippen LogP contribution in [0.25, 0.3) is 0 Å². The lowest BCUT2D eigenvalue weighted by atomic mass is 10.3. The first kappa shape index (κ1) is 13.2. The highest BCUT2D eigenvalue weighted by molar-refractivity contribution is 7.80. The minimum absolute atomic E-state index is 0.160. The van der Waals surface area contributed by atoms with Crippen molar-refractivity contribution in [3.8, 4) is 0 Å². The average molecular weight is 219 g/mol. The van der Waals surface area contributed by atoms with E-state index in [9.17, 15) is 9.59 Å². The van der Waals surface area contributed by atoms with Crippen LogP contribution in [-0.2, 0) is 9.59 Å². The molecule has 0 aromatic carbocycles. The van der Waals surface area contributed by atoms with Crippen molar-refractivity contribution in [2.45, 2.75) is 19.4 Å². The van der Waals surface area contributed by atoms with Gasteiger partial charge in [0.25, 0.3) is 0 Å². The summed E-state index contributed by atoms with van der Waals surface area (Å²) >= 11 is 3.98. The number of nitrogens with one attached hydrogen (secondary N) is 2. The first-order valence-electron chi connectivity index (χ1n) is 4.53. The molecule has 0 saturated heterocycles. The molecule has 1 atom stereocenters. The van der Waals surface area contributed by atoms with Crippen LogP contribution in [0.2, 0.25) is 0 Å². The van der Waals surface area contributed by atoms with E-state index in [1.54, 1.807) is 6.92 Å². The van der Waals surface area contributed by atoms with Crippen LogP contribution >= 0.6 is 12.6 Å². The first-order valence-corrected chi connectivity index (χ1v) is 5.16. The van der Waals surface area contributed by atoms with Gasteiger partial charge >= 0.3 is 0 Å². The molecule has 0 heterocycles. The molecule has 0 spiro atoms. The summed E-state index contributed by atoms with van der Waals surface area (Å²) in [6.07, 6.45) is 0.356. The molecule has 0 aliphatic heterocycles. The van der Waals surface area contributed by atoms with Gasteiger partial charge in [-0.2, -0.15) is 12.6 Å². The predicted molar refractivity (Wildman–Crippen MR) is 58.1 cm³/mol. The standard InChI is InChI=1S/C8H17N3O2S/c1-2-7(12)11-6(5-14)8(13)10-4-3-9/h6,14H,2-5,9H2,1H3,(H,10,13)(H,11,12). The number of amides is 2. The lowest BCUT2D eigenvalue weighted by molar-refractivity contribution is -0.128. The Hall–Kier alpha value is -0.750. The van der Waals surface area contributed by atoms with Gasteiger partial charge in [-0.3, -0.25) is 9.59 Å². The maximum absolute atomic E-state index is 11.4. The van der Waals surface area contributed by atoms with Crippen LogP contribution in [0.15, 0.2) is 0 Å². The smallest absolute Gasteiger partial charge is 0.243 e. The molecule has 0 aliphatic rings. The third-order valence-corrected chi connectivity index (χ3v) is 1.96. The molecule has 6 heteroatoms. The summed E-state index contributed by atoms with van der Waals surface area (Å²) in [6.45, 7) is 2.51. The quantitative estimate of drug-likeness (QED) is 0.427. The Morgan fingerprint density at radius 2 is 2.14 bits per heavy atom. The van der Waals surface area contributed by atoms with Gasteiger partial charge < -0.3 is 16.4 Å². The zero-order valence-electron chi connectivity index (χ0n) is 8.25. The first-order chi connectivity index (χ1) is 6.65. The van der Waals surface area contributed by atoms with E-state index in [0.29, 0.717) is 19.5 Å². The summed E-state index contributed by atoms with van der Waals surface area (Å²) in [4.78, 5) is 22.4. The largest absolute Gasteiger partial charge is 0.353 e. The Kier molecular flexibility index (Phi) is 7.23. The summed E-state index contributed by atoms with van der Waals surface area (Å²) in [6, 6.07) is -0.572. The van der Waals surface area contributed by atoms with E-state index in [1.165, 1.54) is 0 Å². The van der Waals surface area contributed by atoms with Crippen molar-refractivity contribution in [3.05, 3.63) is 0 Å². The fourth-order valence-corrected chi connectivity index (χ4v) is 1.07. The molecule has 0 radical (unpaired) electrons. The second-order valence-corrected chi connectivity index (χ2v) is 3.10. The number of thiol groups is 1. The van der Waals surface area contributed by atoms with E-state index >= 15 is 0 Å². The minimum Gasteiger partial charge on any atom is -0.353 e. The van der Waals surface area contributed by atoms with Crippen LogP contribution in [0.5, 0.6) is 0 Å². The Labute approximate surface area is 89.2 Å². The van der Waals surface area contributed by atoms with E-state index < -0.39 is 6.04 Å². The van der Waals surface area contributed by atoms with Crippen LogP contribution in [-0.4, -0.2) is 36.7 Å². The summed E-state index contributed by atoms with van der Waals surface area (Å²) < 4.78 is 0. The fourth-order valence-electron chi connectivity index (χ4n) is 0.809. The maximum Gasteiger partial charge on any atom is 0.243 e. The Balaban J connectivity index is 3.98. The van der Waals surface area contributed by atoms with Crippen molar-refractivity contribution in [2.75, 3.05) is 18.8 Å². The highest BCUT2D eigenvalue weighted by atomic mass is 32.1. The van der Waals surface area contributed by atoms with Gasteiger partial charge in [-0.15, -0.1) is 0 Å². The Morgan fingerprint density at radius 1 is 1.50 bits per heavy atom. The van der Waals surface area contributed by atoms with Gasteiger partial charge in [-0.25, -0.2) is 0 Å². The molecular formula is C8H17N3O2S. The fraction of sp³-hybridized carbons (Fsp3) is 0.750. The minimum atomic E-state index is -0.572. The van der Waals surface area contributed by atoms with Crippen molar-refractivity contribution in [1.29, 1.82) is 0 Å². The van der Waals surface area contributed by atoms with Crippen molar-refractivity contribution in [1.82, 2.24) is 10.6 Å². The molecule has 1 unspecified atom stereocenters. The van der Waals surface area contributed by atoms with E-state index in [1.807, 2.05) is 0 Å². The van der Waals surface area contributed by atoms with E-state index in [0.717, 1.165) is 0 Å². The zero-order chi connectivity index (χ0) is 11.0. The second-order valence-electron chi connectivity index (χ2n) is 2.74. The number of hydrogen-bond donors (Lipinski definition) is 4. The number of rotatable bonds is 6. The maximum atomic E-state index is 11.4. The number of nitrogens with two attached hydrogens (primary N) is 1. The molecule has 0 rings (SSSR count). The summed E-state index contributed by atoms with van der Waals surface area (Å²) in [5.74, 6) is -0.124. The van der Waals surface area contributed by atoms with E-state index in [-0.39, 0.29) is 17.6 Å². The second kappa shape index (κ2) is 7.64. The zero-order valence-corrected chi connectivity index (χ0v) is 9.14. The van der Waals surface area contributed by atoms with Crippen LogP contribution in [0, 0.1) is 0 Å². The summed E-state index contributed by atoms with van der Waals surface area (Å²) in [5.41, 5.74) is 5.22. The van der Waals surface area contributed by atoms with Gasteiger partial charge in [0.2, 0.25) is 11.8 Å². The molecule has 0 aliphatic carbocycles. The average Bonchev–Trinajstić information content (AvgIpc) is 2.21. The molecule has 0 bridgehead atoms. The van der Waals surface area contributed by atoms with Gasteiger partial charge in [0.05, 0.1) is 0 Å². The third-order valence-electron chi connectivity index (χ3n) is 1.60. The normalized spacial score (nSPS) is 11.9. The van der Waals surface area contributed by atoms with Gasteiger partial charge in [-0.1, -0.05) is 6.92 Å². The van der Waals surface area contributed by atoms with E-state index in [4.69, 9.17) is 5.73 Å². The monoisotopic (exact) mass is 219 g/mol. The lowest BCUT2D eigenvalue weighted by Gasteiger charge is -2.15. The van der Waals surface area contributed by atoms with Crippen LogP contribution in [0.3, 0.4) is 0 Å². The number of carbonyl (C=O) groups excluding carboxylic acids is 2.